The molecule has 0 aliphatic carbocycles. The number of phenols is 1. The number of ether oxygens (including phenoxy) is 1. The zero-order valence-corrected chi connectivity index (χ0v) is 19.3. The van der Waals surface area contributed by atoms with E-state index in [0.29, 0.717) is 24.3 Å². The normalized spacial score (nSPS) is 12.2. The van der Waals surface area contributed by atoms with Gasteiger partial charge in [0.2, 0.25) is 5.91 Å². The fraction of sp³-hybridized carbons (Fsp3) is 0.423. The van der Waals surface area contributed by atoms with Gasteiger partial charge in [-0.2, -0.15) is 0 Å². The van der Waals surface area contributed by atoms with E-state index in [-0.39, 0.29) is 18.3 Å². The molecule has 0 heterocycles. The Kier molecular flexibility index (Phi) is 12.2. The second-order valence-corrected chi connectivity index (χ2v) is 7.96. The number of carbonyl (C=O) groups is 1. The first kappa shape index (κ1) is 26.5. The number of aliphatic hydroxyl groups excluding tert-OH is 2. The fourth-order valence-corrected chi connectivity index (χ4v) is 3.32. The molecule has 2 aromatic rings. The van der Waals surface area contributed by atoms with Gasteiger partial charge in [0.25, 0.3) is 0 Å². The molecule has 0 spiro atoms. The highest BCUT2D eigenvalue weighted by Gasteiger charge is 2.09. The Bertz CT molecular complexity index is 867. The Hall–Kier alpha value is -2.71. The van der Waals surface area contributed by atoms with E-state index in [4.69, 9.17) is 4.74 Å². The third-order valence-electron chi connectivity index (χ3n) is 5.14. The average molecular weight is 457 g/mol. The lowest BCUT2D eigenvalue weighted by atomic mass is 10.1. The standard InChI is InChI=1S/C26H36N2O5/c1-20(30)28-24-11-8-21(9-12-24)7-6-16-33-15-5-3-2-4-14-27-18-26(32)22-10-13-25(31)23(17-22)19-29/h6-13,17,26-27,29,31-32H,2-5,14-16,18-19H2,1H3,(H,28,30)/b7-6-. The third kappa shape index (κ3) is 10.6. The summed E-state index contributed by atoms with van der Waals surface area (Å²) in [6, 6.07) is 12.4. The Morgan fingerprint density at radius 2 is 1.85 bits per heavy atom. The van der Waals surface area contributed by atoms with E-state index in [1.807, 2.05) is 36.4 Å². The summed E-state index contributed by atoms with van der Waals surface area (Å²) in [4.78, 5) is 11.0. The van der Waals surface area contributed by atoms with Gasteiger partial charge in [-0.1, -0.05) is 43.2 Å². The van der Waals surface area contributed by atoms with Gasteiger partial charge >= 0.3 is 0 Å². The first-order valence-electron chi connectivity index (χ1n) is 11.4. The van der Waals surface area contributed by atoms with E-state index < -0.39 is 6.10 Å². The van der Waals surface area contributed by atoms with Crippen LogP contribution in [0, 0.1) is 0 Å². The van der Waals surface area contributed by atoms with Gasteiger partial charge < -0.3 is 30.7 Å². The number of benzene rings is 2. The molecule has 0 fully saturated rings. The van der Waals surface area contributed by atoms with Gasteiger partial charge in [0.1, 0.15) is 5.75 Å². The van der Waals surface area contributed by atoms with Crippen LogP contribution in [0.25, 0.3) is 6.08 Å². The van der Waals surface area contributed by atoms with Crippen molar-refractivity contribution in [2.75, 3.05) is 31.6 Å². The molecule has 0 saturated heterocycles. The molecule has 5 N–H and O–H groups in total. The highest BCUT2D eigenvalue weighted by atomic mass is 16.5. The molecule has 0 radical (unpaired) electrons. The average Bonchev–Trinajstić information content (AvgIpc) is 2.80. The predicted octanol–water partition coefficient (Wildman–Crippen LogP) is 3.76. The monoisotopic (exact) mass is 456 g/mol. The number of nitrogens with one attached hydrogen (secondary N) is 2. The van der Waals surface area contributed by atoms with Crippen molar-refractivity contribution in [1.29, 1.82) is 0 Å². The van der Waals surface area contributed by atoms with E-state index >= 15 is 0 Å². The van der Waals surface area contributed by atoms with E-state index in [9.17, 15) is 20.1 Å². The number of amides is 1. The van der Waals surface area contributed by atoms with Crippen molar-refractivity contribution in [3.05, 3.63) is 65.2 Å². The smallest absolute Gasteiger partial charge is 0.221 e. The minimum atomic E-state index is -0.674. The minimum Gasteiger partial charge on any atom is -0.508 e. The summed E-state index contributed by atoms with van der Waals surface area (Å²) in [5.74, 6) is -0.0405. The lowest BCUT2D eigenvalue weighted by Crippen LogP contribution is -2.22. The highest BCUT2D eigenvalue weighted by molar-refractivity contribution is 5.88. The van der Waals surface area contributed by atoms with Crippen LogP contribution in [0.5, 0.6) is 5.75 Å². The first-order valence-corrected chi connectivity index (χ1v) is 11.4. The van der Waals surface area contributed by atoms with Crippen LogP contribution in [0.15, 0.2) is 48.5 Å². The Balaban J connectivity index is 1.46. The summed E-state index contributed by atoms with van der Waals surface area (Å²) in [6.45, 7) is 3.79. The van der Waals surface area contributed by atoms with Gasteiger partial charge in [-0.15, -0.1) is 0 Å². The molecule has 1 unspecified atom stereocenters. The number of unbranched alkanes of at least 4 members (excludes halogenated alkanes) is 3. The molecule has 7 heteroatoms. The molecular weight excluding hydrogens is 420 g/mol. The summed E-state index contributed by atoms with van der Waals surface area (Å²) < 4.78 is 5.64. The van der Waals surface area contributed by atoms with E-state index in [1.165, 1.54) is 13.0 Å². The SMILES string of the molecule is CC(=O)Nc1ccc(/C=C\COCCCCCCNCC(O)c2ccc(O)c(CO)c2)cc1. The quantitative estimate of drug-likeness (QED) is 0.261. The maximum atomic E-state index is 11.0. The zero-order valence-electron chi connectivity index (χ0n) is 19.3. The molecule has 1 atom stereocenters. The number of carbonyl (C=O) groups excluding carboxylic acids is 1. The number of aliphatic hydroxyl groups is 2. The van der Waals surface area contributed by atoms with Crippen LogP contribution in [0.4, 0.5) is 5.69 Å². The van der Waals surface area contributed by atoms with Crippen LogP contribution in [-0.4, -0.2) is 47.5 Å². The van der Waals surface area contributed by atoms with Crippen LogP contribution in [0.1, 0.15) is 55.4 Å². The van der Waals surface area contributed by atoms with Crippen LogP contribution in [-0.2, 0) is 16.1 Å². The van der Waals surface area contributed by atoms with Crippen molar-refractivity contribution in [3.8, 4) is 5.75 Å². The largest absolute Gasteiger partial charge is 0.508 e. The van der Waals surface area contributed by atoms with E-state index in [2.05, 4.69) is 10.6 Å². The van der Waals surface area contributed by atoms with Gasteiger partial charge in [-0.25, -0.2) is 0 Å². The van der Waals surface area contributed by atoms with Crippen LogP contribution < -0.4 is 10.6 Å². The van der Waals surface area contributed by atoms with Gasteiger partial charge in [-0.3, -0.25) is 4.79 Å². The molecule has 0 aromatic heterocycles. The Morgan fingerprint density at radius 1 is 1.09 bits per heavy atom. The Labute approximate surface area is 196 Å². The second kappa shape index (κ2) is 15.2. The van der Waals surface area contributed by atoms with Crippen molar-refractivity contribution in [1.82, 2.24) is 5.32 Å². The van der Waals surface area contributed by atoms with Gasteiger partial charge in [0.15, 0.2) is 0 Å². The minimum absolute atomic E-state index is 0.0379. The summed E-state index contributed by atoms with van der Waals surface area (Å²) in [5, 5.41) is 35.0. The number of rotatable bonds is 15. The molecule has 0 bridgehead atoms. The Morgan fingerprint density at radius 3 is 2.58 bits per heavy atom. The van der Waals surface area contributed by atoms with Gasteiger partial charge in [0.05, 0.1) is 19.3 Å². The molecule has 33 heavy (non-hydrogen) atoms. The molecule has 2 rings (SSSR count). The summed E-state index contributed by atoms with van der Waals surface area (Å²) >= 11 is 0. The van der Waals surface area contributed by atoms with Gasteiger partial charge in [0, 0.05) is 31.3 Å². The van der Waals surface area contributed by atoms with Crippen molar-refractivity contribution in [2.45, 2.75) is 45.3 Å². The lowest BCUT2D eigenvalue weighted by molar-refractivity contribution is -0.114. The number of hydrogen-bond acceptors (Lipinski definition) is 6. The summed E-state index contributed by atoms with van der Waals surface area (Å²) in [6.07, 6.45) is 7.54. The van der Waals surface area contributed by atoms with Crippen LogP contribution in [0.2, 0.25) is 0 Å². The second-order valence-electron chi connectivity index (χ2n) is 7.96. The molecular formula is C26H36N2O5. The predicted molar refractivity (Wildman–Crippen MR) is 131 cm³/mol. The van der Waals surface area contributed by atoms with E-state index in [0.717, 1.165) is 50.1 Å². The zero-order chi connectivity index (χ0) is 23.9. The van der Waals surface area contributed by atoms with E-state index in [1.54, 1.807) is 12.1 Å². The molecule has 0 saturated carbocycles. The first-order chi connectivity index (χ1) is 16.0. The molecule has 7 nitrogen and oxygen atoms in total. The summed E-state index contributed by atoms with van der Waals surface area (Å²) in [7, 11) is 0. The molecule has 2 aromatic carbocycles. The maximum absolute atomic E-state index is 11.0. The number of aromatic hydroxyl groups is 1. The molecule has 1 amide bonds. The van der Waals surface area contributed by atoms with Crippen molar-refractivity contribution in [2.24, 2.45) is 0 Å². The molecule has 0 aliphatic rings. The highest BCUT2D eigenvalue weighted by Crippen LogP contribution is 2.22. The van der Waals surface area contributed by atoms with Crippen LogP contribution >= 0.6 is 0 Å². The van der Waals surface area contributed by atoms with Gasteiger partial charge in [-0.05, 0) is 54.8 Å². The number of hydrogen-bond donors (Lipinski definition) is 5. The van der Waals surface area contributed by atoms with Crippen LogP contribution in [0.3, 0.4) is 0 Å². The van der Waals surface area contributed by atoms with Crippen molar-refractivity contribution in [3.63, 3.8) is 0 Å². The third-order valence-corrected chi connectivity index (χ3v) is 5.14. The fourth-order valence-electron chi connectivity index (χ4n) is 3.32. The maximum Gasteiger partial charge on any atom is 0.221 e. The molecule has 180 valence electrons. The lowest BCUT2D eigenvalue weighted by Gasteiger charge is -2.14. The van der Waals surface area contributed by atoms with Crippen molar-refractivity contribution < 1.29 is 24.9 Å². The number of anilines is 1. The van der Waals surface area contributed by atoms with Crippen molar-refractivity contribution >= 4 is 17.7 Å². The summed E-state index contributed by atoms with van der Waals surface area (Å²) in [5.41, 5.74) is 2.94. The molecule has 0 aliphatic heterocycles. The topological polar surface area (TPSA) is 111 Å².